The van der Waals surface area contributed by atoms with Crippen molar-refractivity contribution in [2.24, 2.45) is 5.92 Å². The molecule has 2 aromatic rings. The van der Waals surface area contributed by atoms with E-state index in [9.17, 15) is 0 Å². The molecule has 114 valence electrons. The molecule has 0 fully saturated rings. The molecule has 0 aliphatic rings. The third-order valence-corrected chi connectivity index (χ3v) is 3.78. The van der Waals surface area contributed by atoms with Crippen LogP contribution in [0.25, 0.3) is 11.4 Å². The number of nitrogens with zero attached hydrogens (tertiary/aromatic N) is 3. The molecule has 0 amide bonds. The third kappa shape index (κ3) is 3.47. The monoisotopic (exact) mass is 288 g/mol. The average Bonchev–Trinajstić information content (AvgIpc) is 2.86. The van der Waals surface area contributed by atoms with Gasteiger partial charge in [-0.1, -0.05) is 19.0 Å². The molecule has 0 saturated carbocycles. The molecule has 0 aliphatic carbocycles. The average molecular weight is 288 g/mol. The lowest BCUT2D eigenvalue weighted by atomic mass is 9.89. The highest BCUT2D eigenvalue weighted by Gasteiger charge is 2.27. The lowest BCUT2D eigenvalue weighted by molar-refractivity contribution is 0.286. The number of aromatic nitrogens is 3. The Kier molecular flexibility index (Phi) is 4.73. The quantitative estimate of drug-likeness (QED) is 0.916. The highest BCUT2D eigenvalue weighted by atomic mass is 16.5. The summed E-state index contributed by atoms with van der Waals surface area (Å²) in [5.74, 6) is 1.93. The van der Waals surface area contributed by atoms with Crippen LogP contribution in [0.15, 0.2) is 16.7 Å². The number of hydrogen-bond donors (Lipinski definition) is 1. The van der Waals surface area contributed by atoms with E-state index in [0.717, 1.165) is 17.0 Å². The number of aryl methyl sites for hydroxylation is 2. The van der Waals surface area contributed by atoms with Gasteiger partial charge in [0.25, 0.3) is 0 Å². The van der Waals surface area contributed by atoms with Crippen molar-refractivity contribution >= 4 is 0 Å². The first-order valence-corrected chi connectivity index (χ1v) is 7.39. The fourth-order valence-corrected chi connectivity index (χ4v) is 2.71. The summed E-state index contributed by atoms with van der Waals surface area (Å²) < 4.78 is 5.52. The number of pyridine rings is 1. The maximum atomic E-state index is 5.52. The van der Waals surface area contributed by atoms with Gasteiger partial charge in [-0.2, -0.15) is 4.98 Å². The first kappa shape index (κ1) is 15.6. The molecule has 1 N–H and O–H groups in total. The van der Waals surface area contributed by atoms with Gasteiger partial charge in [-0.15, -0.1) is 0 Å². The van der Waals surface area contributed by atoms with E-state index in [1.807, 2.05) is 33.0 Å². The van der Waals surface area contributed by atoms with Gasteiger partial charge in [0.15, 0.2) is 0 Å². The maximum absolute atomic E-state index is 5.52. The van der Waals surface area contributed by atoms with E-state index in [-0.39, 0.29) is 12.0 Å². The summed E-state index contributed by atoms with van der Waals surface area (Å²) in [7, 11) is 1.95. The topological polar surface area (TPSA) is 63.8 Å². The van der Waals surface area contributed by atoms with E-state index in [1.54, 1.807) is 0 Å². The summed E-state index contributed by atoms with van der Waals surface area (Å²) in [6.07, 6.45) is 0. The van der Waals surface area contributed by atoms with Crippen LogP contribution in [0.5, 0.6) is 0 Å². The molecule has 2 unspecified atom stereocenters. The fourth-order valence-electron chi connectivity index (χ4n) is 2.71. The zero-order chi connectivity index (χ0) is 15.6. The number of hydrogen-bond acceptors (Lipinski definition) is 5. The Bertz CT molecular complexity index is 586. The van der Waals surface area contributed by atoms with E-state index in [0.29, 0.717) is 17.6 Å². The Morgan fingerprint density at radius 1 is 1.05 bits per heavy atom. The molecule has 5 heteroatoms. The molecule has 2 aromatic heterocycles. The van der Waals surface area contributed by atoms with Crippen LogP contribution in [-0.4, -0.2) is 28.2 Å². The van der Waals surface area contributed by atoms with E-state index < -0.39 is 0 Å². The van der Waals surface area contributed by atoms with Crippen LogP contribution >= 0.6 is 0 Å². The van der Waals surface area contributed by atoms with Gasteiger partial charge in [-0.05, 0) is 45.9 Å². The second kappa shape index (κ2) is 6.35. The van der Waals surface area contributed by atoms with Crippen molar-refractivity contribution in [1.82, 2.24) is 20.4 Å². The van der Waals surface area contributed by atoms with Gasteiger partial charge in [-0.25, -0.2) is 0 Å². The number of likely N-dealkylation sites (N-methyl/N-ethyl adjacent to an activating group) is 1. The molecule has 0 aromatic carbocycles. The molecule has 2 heterocycles. The van der Waals surface area contributed by atoms with Crippen molar-refractivity contribution in [2.75, 3.05) is 7.05 Å². The molecular formula is C16H24N4O. The number of nitrogens with one attached hydrogen (secondary N) is 1. The lowest BCUT2D eigenvalue weighted by Gasteiger charge is -2.23. The van der Waals surface area contributed by atoms with Crippen molar-refractivity contribution in [3.63, 3.8) is 0 Å². The fraction of sp³-hybridized carbons (Fsp3) is 0.562. The van der Waals surface area contributed by atoms with Crippen molar-refractivity contribution in [3.05, 3.63) is 29.4 Å². The zero-order valence-electron chi connectivity index (χ0n) is 13.6. The van der Waals surface area contributed by atoms with E-state index in [2.05, 4.69) is 41.2 Å². The van der Waals surface area contributed by atoms with E-state index >= 15 is 0 Å². The number of rotatable bonds is 5. The molecule has 0 saturated heterocycles. The second-order valence-electron chi connectivity index (χ2n) is 5.94. The van der Waals surface area contributed by atoms with Crippen LogP contribution in [0.4, 0.5) is 0 Å². The predicted molar refractivity (Wildman–Crippen MR) is 83.1 cm³/mol. The molecule has 0 bridgehead atoms. The van der Waals surface area contributed by atoms with E-state index in [1.165, 1.54) is 0 Å². The molecule has 0 aliphatic heterocycles. The summed E-state index contributed by atoms with van der Waals surface area (Å²) in [6.45, 7) is 10.4. The van der Waals surface area contributed by atoms with Crippen molar-refractivity contribution in [1.29, 1.82) is 0 Å². The van der Waals surface area contributed by atoms with Crippen molar-refractivity contribution in [3.8, 4) is 11.4 Å². The second-order valence-corrected chi connectivity index (χ2v) is 5.94. The molecular weight excluding hydrogens is 264 g/mol. The minimum absolute atomic E-state index is 0.195. The molecule has 2 atom stereocenters. The van der Waals surface area contributed by atoms with Crippen LogP contribution in [-0.2, 0) is 0 Å². The molecule has 0 radical (unpaired) electrons. The van der Waals surface area contributed by atoms with Crippen molar-refractivity contribution in [2.45, 2.75) is 46.6 Å². The summed E-state index contributed by atoms with van der Waals surface area (Å²) in [6, 6.07) is 4.24. The lowest BCUT2D eigenvalue weighted by Crippen LogP contribution is -2.32. The van der Waals surface area contributed by atoms with Crippen LogP contribution in [0.2, 0.25) is 0 Å². The Morgan fingerprint density at radius 3 is 2.19 bits per heavy atom. The largest absolute Gasteiger partial charge is 0.339 e. The van der Waals surface area contributed by atoms with Crippen LogP contribution in [0.1, 0.15) is 44.0 Å². The maximum Gasteiger partial charge on any atom is 0.231 e. The van der Waals surface area contributed by atoms with Crippen LogP contribution in [0, 0.1) is 19.8 Å². The molecule has 5 nitrogen and oxygen atoms in total. The minimum Gasteiger partial charge on any atom is -0.339 e. The third-order valence-electron chi connectivity index (χ3n) is 3.78. The Morgan fingerprint density at radius 2 is 1.67 bits per heavy atom. The van der Waals surface area contributed by atoms with Gasteiger partial charge in [0.05, 0.1) is 5.92 Å². The standard InChI is InChI=1S/C16H24N4O/c1-9(2)14(12(5)17-6)16-19-15(20-21-16)13-7-10(3)18-11(4)8-13/h7-9,12,14,17H,1-6H3. The molecule has 0 spiro atoms. The van der Waals surface area contributed by atoms with Gasteiger partial charge < -0.3 is 9.84 Å². The highest BCUT2D eigenvalue weighted by molar-refractivity contribution is 5.55. The molecule has 21 heavy (non-hydrogen) atoms. The zero-order valence-corrected chi connectivity index (χ0v) is 13.6. The summed E-state index contributed by atoms with van der Waals surface area (Å²) in [4.78, 5) is 8.98. The van der Waals surface area contributed by atoms with E-state index in [4.69, 9.17) is 4.52 Å². The Labute approximate surface area is 126 Å². The summed E-state index contributed by atoms with van der Waals surface area (Å²) >= 11 is 0. The van der Waals surface area contributed by atoms with Crippen LogP contribution in [0.3, 0.4) is 0 Å². The Hall–Kier alpha value is -1.75. The smallest absolute Gasteiger partial charge is 0.231 e. The summed E-state index contributed by atoms with van der Waals surface area (Å²) in [5, 5.41) is 7.42. The normalized spacial score (nSPS) is 14.4. The van der Waals surface area contributed by atoms with Gasteiger partial charge in [0.1, 0.15) is 0 Å². The van der Waals surface area contributed by atoms with Crippen molar-refractivity contribution < 1.29 is 4.52 Å². The Balaban J connectivity index is 2.36. The first-order chi connectivity index (χ1) is 9.92. The SMILES string of the molecule is CNC(C)C(c1nc(-c2cc(C)nc(C)c2)no1)C(C)C. The highest BCUT2D eigenvalue weighted by Crippen LogP contribution is 2.28. The first-order valence-electron chi connectivity index (χ1n) is 7.39. The van der Waals surface area contributed by atoms with Gasteiger partial charge in [0.2, 0.25) is 11.7 Å². The minimum atomic E-state index is 0.195. The van der Waals surface area contributed by atoms with Gasteiger partial charge >= 0.3 is 0 Å². The van der Waals surface area contributed by atoms with Gasteiger partial charge in [-0.3, -0.25) is 4.98 Å². The van der Waals surface area contributed by atoms with Crippen LogP contribution < -0.4 is 5.32 Å². The molecule has 2 rings (SSSR count). The predicted octanol–water partition coefficient (Wildman–Crippen LogP) is 3.10. The van der Waals surface area contributed by atoms with Gasteiger partial charge in [0, 0.05) is 23.0 Å². The summed E-state index contributed by atoms with van der Waals surface area (Å²) in [5.41, 5.74) is 2.87.